The number of amides is 2. The summed E-state index contributed by atoms with van der Waals surface area (Å²) < 4.78 is 1.80. The normalized spacial score (nSPS) is 15.3. The van der Waals surface area contributed by atoms with Crippen molar-refractivity contribution >= 4 is 17.5 Å². The number of carbonyl (C=O) groups excluding carboxylic acids is 2. The first-order valence-corrected chi connectivity index (χ1v) is 9.94. The fourth-order valence-corrected chi connectivity index (χ4v) is 3.60. The third kappa shape index (κ3) is 3.80. The topological polar surface area (TPSA) is 93.0 Å². The molecule has 2 amide bonds. The summed E-state index contributed by atoms with van der Waals surface area (Å²) in [5.74, 6) is 0.270. The van der Waals surface area contributed by atoms with Crippen molar-refractivity contribution in [1.82, 2.24) is 25.1 Å². The van der Waals surface area contributed by atoms with Crippen molar-refractivity contribution in [2.24, 2.45) is 0 Å². The Morgan fingerprint density at radius 1 is 1.20 bits per heavy atom. The van der Waals surface area contributed by atoms with Crippen LogP contribution in [-0.2, 0) is 11.3 Å². The molecule has 8 nitrogen and oxygen atoms in total. The average molecular weight is 404 g/mol. The van der Waals surface area contributed by atoms with Gasteiger partial charge in [0.2, 0.25) is 5.91 Å². The van der Waals surface area contributed by atoms with E-state index in [1.807, 2.05) is 38.1 Å². The highest BCUT2D eigenvalue weighted by molar-refractivity contribution is 5.98. The number of hydrogen-bond donors (Lipinski definition) is 1. The Morgan fingerprint density at radius 3 is 2.63 bits per heavy atom. The van der Waals surface area contributed by atoms with E-state index in [0.717, 1.165) is 16.8 Å². The summed E-state index contributed by atoms with van der Waals surface area (Å²) >= 11 is 0. The van der Waals surface area contributed by atoms with Crippen LogP contribution < -0.4 is 10.2 Å². The first kappa shape index (κ1) is 19.8. The number of hydrogen-bond acceptors (Lipinski definition) is 5. The minimum atomic E-state index is -0.171. The number of fused-ring (bicyclic) bond motifs is 1. The number of nitrogens with one attached hydrogen (secondary N) is 1. The summed E-state index contributed by atoms with van der Waals surface area (Å²) in [4.78, 5) is 35.1. The zero-order valence-electron chi connectivity index (χ0n) is 17.2. The minimum absolute atomic E-state index is 0.0445. The second kappa shape index (κ2) is 8.06. The summed E-state index contributed by atoms with van der Waals surface area (Å²) in [7, 11) is 0. The van der Waals surface area contributed by atoms with E-state index in [4.69, 9.17) is 0 Å². The maximum atomic E-state index is 12.7. The smallest absolute Gasteiger partial charge is 0.251 e. The molecular weight excluding hydrogens is 380 g/mol. The van der Waals surface area contributed by atoms with E-state index < -0.39 is 0 Å². The lowest BCUT2D eigenvalue weighted by molar-refractivity contribution is -0.116. The van der Waals surface area contributed by atoms with Gasteiger partial charge in [-0.15, -0.1) is 0 Å². The van der Waals surface area contributed by atoms with E-state index in [9.17, 15) is 9.59 Å². The summed E-state index contributed by atoms with van der Waals surface area (Å²) in [5.41, 5.74) is 3.22. The van der Waals surface area contributed by atoms with Gasteiger partial charge in [-0.05, 0) is 55.3 Å². The van der Waals surface area contributed by atoms with Crippen molar-refractivity contribution in [3.8, 4) is 0 Å². The number of rotatable bonds is 5. The lowest BCUT2D eigenvalue weighted by atomic mass is 9.98. The third-order valence-corrected chi connectivity index (χ3v) is 5.27. The van der Waals surface area contributed by atoms with Gasteiger partial charge in [-0.2, -0.15) is 5.10 Å². The van der Waals surface area contributed by atoms with Crippen LogP contribution >= 0.6 is 0 Å². The number of benzene rings is 1. The average Bonchev–Trinajstić information content (AvgIpc) is 3.37. The predicted molar refractivity (Wildman–Crippen MR) is 112 cm³/mol. The Kier molecular flexibility index (Phi) is 5.31. The zero-order valence-corrected chi connectivity index (χ0v) is 17.2. The third-order valence-electron chi connectivity index (χ3n) is 5.27. The van der Waals surface area contributed by atoms with Gasteiger partial charge in [0.25, 0.3) is 5.91 Å². The molecule has 0 saturated carbocycles. The molecule has 1 aliphatic heterocycles. The highest BCUT2D eigenvalue weighted by Crippen LogP contribution is 2.39. The first-order chi connectivity index (χ1) is 14.4. The van der Waals surface area contributed by atoms with Gasteiger partial charge in [0, 0.05) is 49.7 Å². The van der Waals surface area contributed by atoms with Crippen molar-refractivity contribution in [1.29, 1.82) is 0 Å². The number of carbonyl (C=O) groups is 2. The molecule has 4 rings (SSSR count). The van der Waals surface area contributed by atoms with Gasteiger partial charge in [-0.25, -0.2) is 4.98 Å². The van der Waals surface area contributed by atoms with Crippen LogP contribution in [0.3, 0.4) is 0 Å². The Morgan fingerprint density at radius 2 is 1.97 bits per heavy atom. The monoisotopic (exact) mass is 404 g/mol. The second-order valence-electron chi connectivity index (χ2n) is 7.67. The van der Waals surface area contributed by atoms with Crippen LogP contribution in [0.25, 0.3) is 0 Å². The molecule has 1 atom stereocenters. The summed E-state index contributed by atoms with van der Waals surface area (Å²) in [6.45, 7) is 6.50. The molecule has 1 aromatic carbocycles. The predicted octanol–water partition coefficient (Wildman–Crippen LogP) is 2.68. The Labute approximate surface area is 175 Å². The van der Waals surface area contributed by atoms with Crippen molar-refractivity contribution in [3.05, 3.63) is 71.6 Å². The molecular formula is C22H24N6O2. The standard InChI is InChI=1S/C22H24N6O2/c1-14(2)28-13-25-21(26-28)19-12-27(15(3)29)20-5-4-17(10-18(19)20)22(30)24-11-16-6-8-23-9-7-16/h4-10,13-14,19H,11-12H2,1-3H3,(H,24,30)/t19-/m0/s1. The van der Waals surface area contributed by atoms with E-state index in [1.54, 1.807) is 41.3 Å². The first-order valence-electron chi connectivity index (χ1n) is 9.94. The van der Waals surface area contributed by atoms with Gasteiger partial charge < -0.3 is 10.2 Å². The van der Waals surface area contributed by atoms with Crippen LogP contribution in [0.5, 0.6) is 0 Å². The molecule has 0 saturated heterocycles. The largest absolute Gasteiger partial charge is 0.348 e. The van der Waals surface area contributed by atoms with Gasteiger partial charge in [-0.1, -0.05) is 0 Å². The van der Waals surface area contributed by atoms with E-state index in [-0.39, 0.29) is 23.8 Å². The lowest BCUT2D eigenvalue weighted by Gasteiger charge is -2.15. The SMILES string of the molecule is CC(=O)N1C[C@H](c2ncn(C(C)C)n2)c2cc(C(=O)NCc3ccncc3)ccc21. The zero-order chi connectivity index (χ0) is 21.3. The maximum absolute atomic E-state index is 12.7. The summed E-state index contributed by atoms with van der Waals surface area (Å²) in [6.07, 6.45) is 5.10. The van der Waals surface area contributed by atoms with Crippen LogP contribution in [0.1, 0.15) is 60.0 Å². The molecule has 0 bridgehead atoms. The van der Waals surface area contributed by atoms with Gasteiger partial charge in [0.05, 0.1) is 5.92 Å². The van der Waals surface area contributed by atoms with Crippen molar-refractivity contribution in [3.63, 3.8) is 0 Å². The van der Waals surface area contributed by atoms with E-state index in [1.165, 1.54) is 0 Å². The molecule has 3 aromatic rings. The summed E-state index contributed by atoms with van der Waals surface area (Å²) in [5, 5.41) is 7.53. The fourth-order valence-electron chi connectivity index (χ4n) is 3.60. The molecule has 1 N–H and O–H groups in total. The molecule has 1 aliphatic rings. The Balaban J connectivity index is 1.62. The van der Waals surface area contributed by atoms with Crippen LogP contribution in [0, 0.1) is 0 Å². The summed E-state index contributed by atoms with van der Waals surface area (Å²) in [6, 6.07) is 9.35. The second-order valence-corrected chi connectivity index (χ2v) is 7.67. The van der Waals surface area contributed by atoms with Crippen LogP contribution in [-0.4, -0.2) is 38.1 Å². The Hall–Kier alpha value is -3.55. The van der Waals surface area contributed by atoms with Crippen molar-refractivity contribution in [2.75, 3.05) is 11.4 Å². The number of anilines is 1. The van der Waals surface area contributed by atoms with E-state index in [0.29, 0.717) is 24.5 Å². The van der Waals surface area contributed by atoms with Crippen molar-refractivity contribution < 1.29 is 9.59 Å². The van der Waals surface area contributed by atoms with Gasteiger partial charge in [0.1, 0.15) is 6.33 Å². The Bertz CT molecular complexity index is 1080. The van der Waals surface area contributed by atoms with E-state index in [2.05, 4.69) is 20.4 Å². The molecule has 0 fully saturated rings. The van der Waals surface area contributed by atoms with E-state index >= 15 is 0 Å². The molecule has 154 valence electrons. The van der Waals surface area contributed by atoms with Crippen LogP contribution in [0.15, 0.2) is 49.1 Å². The van der Waals surface area contributed by atoms with Gasteiger partial charge in [-0.3, -0.25) is 19.3 Å². The number of aromatic nitrogens is 4. The highest BCUT2D eigenvalue weighted by Gasteiger charge is 2.35. The fraction of sp³-hybridized carbons (Fsp3) is 0.318. The molecule has 2 aromatic heterocycles. The number of nitrogens with zero attached hydrogens (tertiary/aromatic N) is 5. The van der Waals surface area contributed by atoms with Gasteiger partial charge >= 0.3 is 0 Å². The molecule has 0 aliphatic carbocycles. The molecule has 0 unspecified atom stereocenters. The number of pyridine rings is 1. The lowest BCUT2D eigenvalue weighted by Crippen LogP contribution is -2.27. The molecule has 3 heterocycles. The molecule has 0 spiro atoms. The molecule has 0 radical (unpaired) electrons. The van der Waals surface area contributed by atoms with Crippen LogP contribution in [0.4, 0.5) is 5.69 Å². The maximum Gasteiger partial charge on any atom is 0.251 e. The minimum Gasteiger partial charge on any atom is -0.348 e. The molecule has 30 heavy (non-hydrogen) atoms. The quantitative estimate of drug-likeness (QED) is 0.706. The highest BCUT2D eigenvalue weighted by atomic mass is 16.2. The van der Waals surface area contributed by atoms with Crippen LogP contribution in [0.2, 0.25) is 0 Å². The molecule has 8 heteroatoms. The van der Waals surface area contributed by atoms with Crippen molar-refractivity contribution in [2.45, 2.75) is 39.3 Å². The van der Waals surface area contributed by atoms with Gasteiger partial charge in [0.15, 0.2) is 5.82 Å².